The van der Waals surface area contributed by atoms with Crippen molar-refractivity contribution in [2.75, 3.05) is 0 Å². The molecule has 9 aromatic carbocycles. The second kappa shape index (κ2) is 26.9. The molecule has 0 spiro atoms. The molecule has 0 fully saturated rings. The van der Waals surface area contributed by atoms with Gasteiger partial charge in [0.05, 0.1) is 0 Å². The van der Waals surface area contributed by atoms with Crippen molar-refractivity contribution in [2.24, 2.45) is 0 Å². The van der Waals surface area contributed by atoms with Crippen LogP contribution in [0.25, 0.3) is 33.4 Å². The summed E-state index contributed by atoms with van der Waals surface area (Å²) in [4.78, 5) is 12.4. The third kappa shape index (κ3) is 15.6. The minimum Gasteiger partial charge on any atom is -0.289 e. The molecule has 76 heavy (non-hydrogen) atoms. The van der Waals surface area contributed by atoms with E-state index in [9.17, 15) is 4.79 Å². The van der Waals surface area contributed by atoms with E-state index < -0.39 is 0 Å². The van der Waals surface area contributed by atoms with Crippen LogP contribution in [0.4, 0.5) is 0 Å². The van der Waals surface area contributed by atoms with Gasteiger partial charge in [0.1, 0.15) is 0 Å². The molecular weight excluding hydrogens is 917 g/mol. The van der Waals surface area contributed by atoms with Crippen LogP contribution >= 0.6 is 0 Å². The minimum absolute atomic E-state index is 0.0983. The molecule has 0 radical (unpaired) electrons. The first kappa shape index (κ1) is 59.5. The molecule has 0 aromatic heterocycles. The van der Waals surface area contributed by atoms with Crippen LogP contribution in [0.15, 0.2) is 158 Å². The Morgan fingerprint density at radius 3 is 0.776 bits per heavy atom. The van der Waals surface area contributed by atoms with Crippen LogP contribution in [0.1, 0.15) is 127 Å². The highest BCUT2D eigenvalue weighted by Crippen LogP contribution is 2.31. The van der Waals surface area contributed by atoms with E-state index in [0.29, 0.717) is 0 Å². The van der Waals surface area contributed by atoms with Gasteiger partial charge in [-0.1, -0.05) is 146 Å². The van der Waals surface area contributed by atoms with Crippen LogP contribution < -0.4 is 0 Å². The predicted molar refractivity (Wildman–Crippen MR) is 333 cm³/mol. The summed E-state index contributed by atoms with van der Waals surface area (Å²) < 4.78 is 0. The third-order valence-electron chi connectivity index (χ3n) is 15.9. The van der Waals surface area contributed by atoms with E-state index in [1.54, 1.807) is 0 Å². The molecule has 1 nitrogen and oxygen atoms in total. The van der Waals surface area contributed by atoms with E-state index in [1.807, 2.05) is 50.2 Å². The highest BCUT2D eigenvalue weighted by Gasteiger charge is 2.12. The molecule has 0 amide bonds. The lowest BCUT2D eigenvalue weighted by molar-refractivity contribution is 0.103. The van der Waals surface area contributed by atoms with Crippen molar-refractivity contribution in [3.8, 4) is 33.4 Å². The number of hydrogen-bond acceptors (Lipinski definition) is 1. The Morgan fingerprint density at radius 2 is 0.461 bits per heavy atom. The van der Waals surface area contributed by atoms with Gasteiger partial charge < -0.3 is 0 Å². The maximum Gasteiger partial charge on any atom is 0.193 e. The largest absolute Gasteiger partial charge is 0.289 e. The number of hydrogen-bond donors (Lipinski definition) is 0. The van der Waals surface area contributed by atoms with Crippen LogP contribution in [-0.4, -0.2) is 5.78 Å². The van der Waals surface area contributed by atoms with Gasteiger partial charge in [0.25, 0.3) is 0 Å². The second-order valence-electron chi connectivity index (χ2n) is 21.6. The van der Waals surface area contributed by atoms with E-state index in [2.05, 4.69) is 246 Å². The Balaban J connectivity index is 0.000000177. The molecule has 0 saturated carbocycles. The van der Waals surface area contributed by atoms with Gasteiger partial charge in [0.2, 0.25) is 0 Å². The van der Waals surface area contributed by atoms with Crippen molar-refractivity contribution < 1.29 is 4.79 Å². The van der Waals surface area contributed by atoms with Gasteiger partial charge >= 0.3 is 0 Å². The highest BCUT2D eigenvalue weighted by atomic mass is 16.1. The number of aryl methyl sites for hydroxylation is 17. The summed E-state index contributed by atoms with van der Waals surface area (Å²) in [5, 5.41) is 0. The molecule has 0 N–H and O–H groups in total. The SMILES string of the molecule is Cc1cc(C)c(C)cc1C.Cc1ccc(-c2ccc(C)c(C)c2)cc1C.Cc1ccc(-c2cccc(C)c2C)cc1C.Cc1ccc(C(=O)c2ccc(C)c(C)c2)cc1C.Cc1cccc(-c2cccc(C)c2C)c1C. The van der Waals surface area contributed by atoms with Gasteiger partial charge in [-0.3, -0.25) is 4.79 Å². The molecule has 0 aliphatic heterocycles. The van der Waals surface area contributed by atoms with Crippen molar-refractivity contribution in [3.05, 3.63) is 280 Å². The summed E-state index contributed by atoms with van der Waals surface area (Å²) in [5.74, 6) is 0.0983. The lowest BCUT2D eigenvalue weighted by Crippen LogP contribution is -2.03. The first-order valence-electron chi connectivity index (χ1n) is 27.0. The Morgan fingerprint density at radius 1 is 0.211 bits per heavy atom. The van der Waals surface area contributed by atoms with Crippen molar-refractivity contribution in [2.45, 2.75) is 138 Å². The Bertz CT molecular complexity index is 3280. The number of rotatable bonds is 5. The third-order valence-corrected chi connectivity index (χ3v) is 15.9. The van der Waals surface area contributed by atoms with E-state index in [1.165, 1.54) is 134 Å². The van der Waals surface area contributed by atoms with E-state index >= 15 is 0 Å². The van der Waals surface area contributed by atoms with Crippen molar-refractivity contribution in [3.63, 3.8) is 0 Å². The van der Waals surface area contributed by atoms with Gasteiger partial charge in [-0.2, -0.15) is 0 Å². The maximum atomic E-state index is 12.4. The van der Waals surface area contributed by atoms with Gasteiger partial charge in [-0.25, -0.2) is 0 Å². The van der Waals surface area contributed by atoms with Crippen molar-refractivity contribution in [1.82, 2.24) is 0 Å². The standard InChI is InChI=1S/C17H18O.3C16H18.C10H14/c1-11-5-7-15(9-13(11)3)17(18)16-8-6-12(2)14(4)10-16;1-11-5-7-15(9-13(11)3)16-8-6-12(2)14(4)10-16;1-11-7-5-9-15(13(11)3)16-10-6-8-12(2)14(16)4;1-11-8-9-15(10-13(11)3)16-7-5-6-12(2)14(16)4;1-7-5-9(3)10(4)6-8(7)2/h5-10H,1-4H3;3*5-10H,1-4H3;5-6H,1-4H3. The molecule has 0 aliphatic carbocycles. The van der Waals surface area contributed by atoms with Crippen molar-refractivity contribution >= 4 is 5.78 Å². The zero-order chi connectivity index (χ0) is 56.1. The summed E-state index contributed by atoms with van der Waals surface area (Å²) in [6, 6.07) is 55.8. The fourth-order valence-corrected chi connectivity index (χ4v) is 8.94. The van der Waals surface area contributed by atoms with Crippen LogP contribution in [0.3, 0.4) is 0 Å². The normalized spacial score (nSPS) is 10.4. The highest BCUT2D eigenvalue weighted by molar-refractivity contribution is 6.09. The number of ketones is 1. The van der Waals surface area contributed by atoms with Gasteiger partial charge in [-0.15, -0.1) is 0 Å². The lowest BCUT2D eigenvalue weighted by Gasteiger charge is -2.12. The summed E-state index contributed by atoms with van der Waals surface area (Å²) >= 11 is 0. The smallest absolute Gasteiger partial charge is 0.193 e. The Kier molecular flexibility index (Phi) is 21.1. The first-order chi connectivity index (χ1) is 35.9. The Hall–Kier alpha value is -7.35. The summed E-state index contributed by atoms with van der Waals surface area (Å²) in [6.07, 6.45) is 0. The molecule has 0 atom stereocenters. The summed E-state index contributed by atoms with van der Waals surface area (Å²) in [5.41, 5.74) is 36.2. The Labute approximate surface area is 460 Å². The monoisotopic (exact) mass is 1000 g/mol. The quantitative estimate of drug-likeness (QED) is 0.157. The van der Waals surface area contributed by atoms with Crippen LogP contribution in [-0.2, 0) is 0 Å². The summed E-state index contributed by atoms with van der Waals surface area (Å²) in [6.45, 7) is 42.9. The van der Waals surface area contributed by atoms with Crippen LogP contribution in [0.2, 0.25) is 0 Å². The maximum absolute atomic E-state index is 12.4. The van der Waals surface area contributed by atoms with E-state index in [-0.39, 0.29) is 5.78 Å². The second-order valence-corrected chi connectivity index (χ2v) is 21.6. The molecule has 0 unspecified atom stereocenters. The van der Waals surface area contributed by atoms with Gasteiger partial charge in [0.15, 0.2) is 5.78 Å². The topological polar surface area (TPSA) is 17.1 Å². The number of carbonyl (C=O) groups is 1. The molecular formula is C75H86O. The zero-order valence-corrected chi connectivity index (χ0v) is 49.9. The van der Waals surface area contributed by atoms with E-state index in [4.69, 9.17) is 0 Å². The van der Waals surface area contributed by atoms with Gasteiger partial charge in [0, 0.05) is 11.1 Å². The molecule has 0 bridgehead atoms. The average molecular weight is 1000 g/mol. The zero-order valence-electron chi connectivity index (χ0n) is 49.9. The lowest BCUT2D eigenvalue weighted by atomic mass is 9.92. The van der Waals surface area contributed by atoms with Crippen LogP contribution in [0.5, 0.6) is 0 Å². The van der Waals surface area contributed by atoms with E-state index in [0.717, 1.165) is 22.3 Å². The molecule has 0 aliphatic rings. The average Bonchev–Trinajstić information content (AvgIpc) is 3.38. The fourth-order valence-electron chi connectivity index (χ4n) is 8.94. The molecule has 392 valence electrons. The molecule has 9 aromatic rings. The number of carbonyl (C=O) groups excluding carboxylic acids is 1. The van der Waals surface area contributed by atoms with Crippen LogP contribution in [0, 0.1) is 138 Å². The molecule has 1 heteroatoms. The fraction of sp³-hybridized carbons (Fsp3) is 0.267. The molecule has 9 rings (SSSR count). The minimum atomic E-state index is 0.0983. The predicted octanol–water partition coefficient (Wildman–Crippen LogP) is 20.8. The van der Waals surface area contributed by atoms with Crippen molar-refractivity contribution in [1.29, 1.82) is 0 Å². The number of benzene rings is 9. The summed E-state index contributed by atoms with van der Waals surface area (Å²) in [7, 11) is 0. The first-order valence-corrected chi connectivity index (χ1v) is 27.0. The molecule has 0 saturated heterocycles. The molecule has 0 heterocycles. The van der Waals surface area contributed by atoms with Gasteiger partial charge in [-0.05, 0) is 295 Å².